The van der Waals surface area contributed by atoms with Gasteiger partial charge in [-0.2, -0.15) is 0 Å². The SMILES string of the molecule is CCn1c(=O)n(-c2ccc(O)cc2)c2nccc(C(C)C(=O)O)c21. The van der Waals surface area contributed by atoms with E-state index in [1.165, 1.54) is 27.5 Å². The van der Waals surface area contributed by atoms with Crippen molar-refractivity contribution in [2.45, 2.75) is 26.3 Å². The molecule has 3 aromatic rings. The van der Waals surface area contributed by atoms with Gasteiger partial charge in [-0.3, -0.25) is 9.36 Å². The standard InChI is InChI=1S/C17H17N3O4/c1-3-19-14-13(10(2)16(22)23)8-9-18-15(14)20(17(19)24)11-4-6-12(21)7-5-11/h4-10,21H,3H2,1-2H3,(H,22,23). The molecule has 2 N–H and O–H groups in total. The molecule has 1 aromatic carbocycles. The highest BCUT2D eigenvalue weighted by Crippen LogP contribution is 2.26. The lowest BCUT2D eigenvalue weighted by Crippen LogP contribution is -2.23. The highest BCUT2D eigenvalue weighted by Gasteiger charge is 2.23. The third-order valence-corrected chi connectivity index (χ3v) is 4.10. The molecule has 2 aromatic heterocycles. The van der Waals surface area contributed by atoms with Gasteiger partial charge < -0.3 is 10.2 Å². The van der Waals surface area contributed by atoms with Crippen molar-refractivity contribution in [2.24, 2.45) is 0 Å². The monoisotopic (exact) mass is 327 g/mol. The summed E-state index contributed by atoms with van der Waals surface area (Å²) < 4.78 is 2.94. The fourth-order valence-electron chi connectivity index (χ4n) is 2.81. The molecule has 0 saturated heterocycles. The van der Waals surface area contributed by atoms with Crippen molar-refractivity contribution in [2.75, 3.05) is 0 Å². The van der Waals surface area contributed by atoms with Crippen LogP contribution in [0.5, 0.6) is 5.75 Å². The van der Waals surface area contributed by atoms with Crippen molar-refractivity contribution in [1.29, 1.82) is 0 Å². The van der Waals surface area contributed by atoms with Crippen LogP contribution < -0.4 is 5.69 Å². The summed E-state index contributed by atoms with van der Waals surface area (Å²) in [5.74, 6) is -1.63. The van der Waals surface area contributed by atoms with Gasteiger partial charge >= 0.3 is 11.7 Å². The first-order chi connectivity index (χ1) is 11.5. The van der Waals surface area contributed by atoms with E-state index in [4.69, 9.17) is 0 Å². The Balaban J connectivity index is 2.39. The van der Waals surface area contributed by atoms with Gasteiger partial charge in [0.15, 0.2) is 5.65 Å². The number of fused-ring (bicyclic) bond motifs is 1. The Bertz CT molecular complexity index is 970. The topological polar surface area (TPSA) is 97.4 Å². The number of carboxylic acids is 1. The van der Waals surface area contributed by atoms with E-state index in [1.807, 2.05) is 6.92 Å². The van der Waals surface area contributed by atoms with E-state index in [2.05, 4.69) is 4.98 Å². The fourth-order valence-corrected chi connectivity index (χ4v) is 2.81. The van der Waals surface area contributed by atoms with Crippen molar-refractivity contribution < 1.29 is 15.0 Å². The zero-order chi connectivity index (χ0) is 17.4. The number of hydrogen-bond donors (Lipinski definition) is 2. The molecule has 24 heavy (non-hydrogen) atoms. The number of carbonyl (C=O) groups is 1. The number of benzene rings is 1. The molecule has 0 amide bonds. The van der Waals surface area contributed by atoms with Crippen molar-refractivity contribution >= 4 is 17.1 Å². The Morgan fingerprint density at radius 2 is 1.92 bits per heavy atom. The number of aromatic hydroxyl groups is 1. The fraction of sp³-hybridized carbons (Fsp3) is 0.235. The average molecular weight is 327 g/mol. The van der Waals surface area contributed by atoms with E-state index < -0.39 is 11.9 Å². The molecular weight excluding hydrogens is 310 g/mol. The minimum Gasteiger partial charge on any atom is -0.508 e. The predicted molar refractivity (Wildman–Crippen MR) is 88.7 cm³/mol. The summed E-state index contributed by atoms with van der Waals surface area (Å²) >= 11 is 0. The molecule has 2 heterocycles. The second kappa shape index (κ2) is 5.84. The van der Waals surface area contributed by atoms with Gasteiger partial charge in [-0.15, -0.1) is 0 Å². The third-order valence-electron chi connectivity index (χ3n) is 4.10. The maximum absolute atomic E-state index is 12.8. The minimum atomic E-state index is -0.963. The van der Waals surface area contributed by atoms with E-state index in [1.54, 1.807) is 25.1 Å². The molecule has 0 bridgehead atoms. The molecule has 0 spiro atoms. The molecule has 0 aliphatic carbocycles. The number of carboxylic acid groups (broad SMARTS) is 1. The van der Waals surface area contributed by atoms with Gasteiger partial charge in [0.2, 0.25) is 0 Å². The van der Waals surface area contributed by atoms with E-state index in [9.17, 15) is 19.8 Å². The van der Waals surface area contributed by atoms with Crippen LogP contribution in [0.3, 0.4) is 0 Å². The number of aromatic nitrogens is 3. The second-order valence-corrected chi connectivity index (χ2v) is 5.51. The Labute approximate surface area is 137 Å². The van der Waals surface area contributed by atoms with Crippen LogP contribution in [0, 0.1) is 0 Å². The number of aliphatic carboxylic acids is 1. The molecule has 7 nitrogen and oxygen atoms in total. The van der Waals surface area contributed by atoms with E-state index in [0.29, 0.717) is 29.0 Å². The first-order valence-electron chi connectivity index (χ1n) is 7.58. The summed E-state index contributed by atoms with van der Waals surface area (Å²) in [6, 6.07) is 7.84. The maximum Gasteiger partial charge on any atom is 0.334 e. The Kier molecular flexibility index (Phi) is 3.84. The van der Waals surface area contributed by atoms with Gasteiger partial charge in [0.05, 0.1) is 17.1 Å². The Morgan fingerprint density at radius 3 is 2.50 bits per heavy atom. The van der Waals surface area contributed by atoms with Crippen LogP contribution in [0.2, 0.25) is 0 Å². The van der Waals surface area contributed by atoms with E-state index in [-0.39, 0.29) is 11.4 Å². The summed E-state index contributed by atoms with van der Waals surface area (Å²) in [5, 5.41) is 18.8. The normalized spacial score (nSPS) is 12.4. The molecule has 0 aliphatic rings. The molecule has 0 radical (unpaired) electrons. The maximum atomic E-state index is 12.8. The lowest BCUT2D eigenvalue weighted by atomic mass is 10.0. The quantitative estimate of drug-likeness (QED) is 0.765. The van der Waals surface area contributed by atoms with Crippen LogP contribution >= 0.6 is 0 Å². The number of aryl methyl sites for hydroxylation is 1. The zero-order valence-corrected chi connectivity index (χ0v) is 13.3. The third kappa shape index (κ3) is 2.34. The number of pyridine rings is 1. The number of nitrogens with zero attached hydrogens (tertiary/aromatic N) is 3. The van der Waals surface area contributed by atoms with Gasteiger partial charge in [-0.1, -0.05) is 0 Å². The van der Waals surface area contributed by atoms with Crippen LogP contribution in [0.25, 0.3) is 16.9 Å². The van der Waals surface area contributed by atoms with Crippen LogP contribution in [0.15, 0.2) is 41.3 Å². The molecule has 0 aliphatic heterocycles. The highest BCUT2D eigenvalue weighted by atomic mass is 16.4. The summed E-state index contributed by atoms with van der Waals surface area (Å²) in [4.78, 5) is 28.5. The van der Waals surface area contributed by atoms with Crippen molar-refractivity contribution in [3.63, 3.8) is 0 Å². The average Bonchev–Trinajstić information content (AvgIpc) is 2.86. The van der Waals surface area contributed by atoms with Crippen LogP contribution in [0.1, 0.15) is 25.3 Å². The number of imidazole rings is 1. The minimum absolute atomic E-state index is 0.0965. The number of phenolic OH excluding ortho intramolecular Hbond substituents is 1. The lowest BCUT2D eigenvalue weighted by Gasteiger charge is -2.09. The van der Waals surface area contributed by atoms with Gasteiger partial charge in [-0.05, 0) is 49.7 Å². The van der Waals surface area contributed by atoms with Gasteiger partial charge in [0.25, 0.3) is 0 Å². The van der Waals surface area contributed by atoms with Crippen LogP contribution in [-0.4, -0.2) is 30.3 Å². The second-order valence-electron chi connectivity index (χ2n) is 5.51. The highest BCUT2D eigenvalue weighted by molar-refractivity contribution is 5.85. The molecule has 3 rings (SSSR count). The van der Waals surface area contributed by atoms with Crippen LogP contribution in [0.4, 0.5) is 0 Å². The lowest BCUT2D eigenvalue weighted by molar-refractivity contribution is -0.138. The predicted octanol–water partition coefficient (Wildman–Crippen LogP) is 2.10. The summed E-state index contributed by atoms with van der Waals surface area (Å²) in [5.41, 5.74) is 1.73. The number of phenols is 1. The first kappa shape index (κ1) is 15.8. The van der Waals surface area contributed by atoms with Crippen LogP contribution in [-0.2, 0) is 11.3 Å². The smallest absolute Gasteiger partial charge is 0.334 e. The Hall–Kier alpha value is -3.09. The summed E-state index contributed by atoms with van der Waals surface area (Å²) in [6.07, 6.45) is 1.51. The van der Waals surface area contributed by atoms with Gasteiger partial charge in [-0.25, -0.2) is 14.3 Å². The number of rotatable bonds is 4. The largest absolute Gasteiger partial charge is 0.508 e. The summed E-state index contributed by atoms with van der Waals surface area (Å²) in [6.45, 7) is 3.80. The molecule has 0 fully saturated rings. The van der Waals surface area contributed by atoms with E-state index >= 15 is 0 Å². The van der Waals surface area contributed by atoms with E-state index in [0.717, 1.165) is 0 Å². The Morgan fingerprint density at radius 1 is 1.25 bits per heavy atom. The van der Waals surface area contributed by atoms with Gasteiger partial charge in [0.1, 0.15) is 5.75 Å². The molecular formula is C17H17N3O4. The molecule has 0 saturated carbocycles. The first-order valence-corrected chi connectivity index (χ1v) is 7.58. The van der Waals surface area contributed by atoms with Crippen molar-refractivity contribution in [3.05, 3.63) is 52.6 Å². The molecule has 124 valence electrons. The molecule has 7 heteroatoms. The van der Waals surface area contributed by atoms with Crippen molar-refractivity contribution in [3.8, 4) is 11.4 Å². The zero-order valence-electron chi connectivity index (χ0n) is 13.3. The molecule has 1 unspecified atom stereocenters. The summed E-state index contributed by atoms with van der Waals surface area (Å²) in [7, 11) is 0. The molecule has 1 atom stereocenters. The van der Waals surface area contributed by atoms with Crippen molar-refractivity contribution in [1.82, 2.24) is 14.1 Å². The van der Waals surface area contributed by atoms with Gasteiger partial charge in [0, 0.05) is 12.7 Å². The number of hydrogen-bond acceptors (Lipinski definition) is 4.